The Hall–Kier alpha value is -4.22. The Labute approximate surface area is 205 Å². The molecule has 0 spiro atoms. The molecule has 0 saturated heterocycles. The van der Waals surface area contributed by atoms with Crippen molar-refractivity contribution in [3.05, 3.63) is 45.0 Å². The summed E-state index contributed by atoms with van der Waals surface area (Å²) in [6.45, 7) is 0. The van der Waals surface area contributed by atoms with Crippen LogP contribution in [0.5, 0.6) is 0 Å². The molecule has 2 N–H and O–H groups in total. The number of aliphatic imine (C=N–C) groups is 2. The van der Waals surface area contributed by atoms with Crippen molar-refractivity contribution in [1.82, 2.24) is 9.97 Å². The van der Waals surface area contributed by atoms with Gasteiger partial charge in [-0.25, -0.2) is 19.2 Å². The van der Waals surface area contributed by atoms with Gasteiger partial charge in [-0.3, -0.25) is 9.98 Å². The number of carbonyl (C=O) groups is 4. The Morgan fingerprint density at radius 3 is 1.19 bits per heavy atom. The number of H-pyrrole nitrogens is 2. The van der Waals surface area contributed by atoms with Crippen LogP contribution < -0.4 is 0 Å². The standard InChI is InChI=1S/C24H24N4O8/c1-33-21(29)17-13-5-9-11(25-9)7-15-19(23(31)35-3)20(24(32)36-4)16(28-15)8-12-10(26-12)6-14(27-13)18(17)22(30)34-2/h9,12,27-28H,5-8H2,1-4H3. The molecular weight excluding hydrogens is 472 g/mol. The van der Waals surface area contributed by atoms with Crippen molar-refractivity contribution >= 4 is 35.3 Å². The number of hydrogen-bond donors (Lipinski definition) is 2. The molecule has 0 amide bonds. The number of ether oxygens (including phenoxy) is 4. The number of nitrogens with zero attached hydrogens (tertiary/aromatic N) is 2. The van der Waals surface area contributed by atoms with Crippen LogP contribution in [0.2, 0.25) is 0 Å². The number of methoxy groups -OCH3 is 4. The Morgan fingerprint density at radius 1 is 0.583 bits per heavy atom. The van der Waals surface area contributed by atoms with Gasteiger partial charge in [0.15, 0.2) is 0 Å². The molecule has 5 rings (SSSR count). The zero-order valence-electron chi connectivity index (χ0n) is 20.1. The largest absolute Gasteiger partial charge is 0.465 e. The minimum absolute atomic E-state index is 0.120. The average molecular weight is 496 g/mol. The Morgan fingerprint density at radius 2 is 0.889 bits per heavy atom. The first kappa shape index (κ1) is 23.5. The lowest BCUT2D eigenvalue weighted by atomic mass is 9.99. The lowest BCUT2D eigenvalue weighted by Crippen LogP contribution is -2.16. The van der Waals surface area contributed by atoms with Gasteiger partial charge < -0.3 is 28.9 Å². The molecule has 36 heavy (non-hydrogen) atoms. The maximum Gasteiger partial charge on any atom is 0.340 e. The van der Waals surface area contributed by atoms with Crippen LogP contribution in [0.4, 0.5) is 0 Å². The van der Waals surface area contributed by atoms with E-state index < -0.39 is 23.9 Å². The van der Waals surface area contributed by atoms with Gasteiger partial charge >= 0.3 is 23.9 Å². The lowest BCUT2D eigenvalue weighted by Gasteiger charge is -2.06. The van der Waals surface area contributed by atoms with Gasteiger partial charge in [0.1, 0.15) is 0 Å². The molecule has 2 unspecified atom stereocenters. The van der Waals surface area contributed by atoms with Gasteiger partial charge in [0, 0.05) is 59.9 Å². The van der Waals surface area contributed by atoms with E-state index in [4.69, 9.17) is 18.9 Å². The average Bonchev–Trinajstić information content (AvgIpc) is 3.71. The quantitative estimate of drug-likeness (QED) is 0.468. The van der Waals surface area contributed by atoms with E-state index in [9.17, 15) is 19.2 Å². The van der Waals surface area contributed by atoms with E-state index in [1.54, 1.807) is 0 Å². The van der Waals surface area contributed by atoms with Crippen molar-refractivity contribution in [3.8, 4) is 0 Å². The fourth-order valence-electron chi connectivity index (χ4n) is 4.83. The molecule has 0 radical (unpaired) electrons. The Kier molecular flexibility index (Phi) is 5.73. The highest BCUT2D eigenvalue weighted by Gasteiger charge is 2.40. The zero-order chi connectivity index (χ0) is 25.7. The van der Waals surface area contributed by atoms with E-state index in [0.29, 0.717) is 35.6 Å². The summed E-state index contributed by atoms with van der Waals surface area (Å²) in [7, 11) is 4.99. The van der Waals surface area contributed by atoms with Gasteiger partial charge in [-0.1, -0.05) is 0 Å². The van der Waals surface area contributed by atoms with Crippen molar-refractivity contribution < 1.29 is 38.1 Å². The second-order valence-corrected chi connectivity index (χ2v) is 8.66. The van der Waals surface area contributed by atoms with Gasteiger partial charge in [0.25, 0.3) is 0 Å². The second kappa shape index (κ2) is 8.77. The topological polar surface area (TPSA) is 162 Å². The number of nitrogens with one attached hydrogen (secondary N) is 2. The minimum atomic E-state index is -0.656. The van der Waals surface area contributed by atoms with E-state index >= 15 is 0 Å². The zero-order valence-corrected chi connectivity index (χ0v) is 20.1. The van der Waals surface area contributed by atoms with Crippen LogP contribution in [0.1, 0.15) is 64.2 Å². The third kappa shape index (κ3) is 3.88. The fourth-order valence-corrected chi connectivity index (χ4v) is 4.83. The van der Waals surface area contributed by atoms with Crippen molar-refractivity contribution in [3.63, 3.8) is 0 Å². The summed E-state index contributed by atoms with van der Waals surface area (Å²) in [5.41, 5.74) is 4.01. The number of fused-ring (bicyclic) bond motifs is 6. The Balaban J connectivity index is 1.58. The van der Waals surface area contributed by atoms with Gasteiger partial charge in [0.05, 0.1) is 62.8 Å². The van der Waals surface area contributed by atoms with Crippen molar-refractivity contribution in [1.29, 1.82) is 0 Å². The summed E-state index contributed by atoms with van der Waals surface area (Å²) in [6, 6.07) is -0.531. The van der Waals surface area contributed by atoms with Gasteiger partial charge in [-0.2, -0.15) is 0 Å². The van der Waals surface area contributed by atoms with E-state index in [-0.39, 0.29) is 47.2 Å². The van der Waals surface area contributed by atoms with E-state index in [1.807, 2.05) is 0 Å². The highest BCUT2D eigenvalue weighted by atomic mass is 16.5. The first-order chi connectivity index (χ1) is 17.3. The van der Waals surface area contributed by atoms with Crippen LogP contribution >= 0.6 is 0 Å². The molecule has 2 atom stereocenters. The van der Waals surface area contributed by atoms with Crippen LogP contribution in [0.15, 0.2) is 9.98 Å². The van der Waals surface area contributed by atoms with E-state index in [0.717, 1.165) is 11.4 Å². The van der Waals surface area contributed by atoms with Crippen LogP contribution in [-0.2, 0) is 44.6 Å². The molecule has 12 heteroatoms. The molecule has 188 valence electrons. The molecule has 0 aromatic carbocycles. The minimum Gasteiger partial charge on any atom is -0.465 e. The summed E-state index contributed by atoms with van der Waals surface area (Å²) >= 11 is 0. The second-order valence-electron chi connectivity index (χ2n) is 8.66. The van der Waals surface area contributed by atoms with Crippen LogP contribution in [0.25, 0.3) is 0 Å². The highest BCUT2D eigenvalue weighted by Crippen LogP contribution is 2.33. The molecule has 0 aliphatic carbocycles. The van der Waals surface area contributed by atoms with E-state index in [1.165, 1.54) is 28.4 Å². The molecular formula is C24H24N4O8. The molecule has 2 aromatic rings. The molecule has 3 aliphatic heterocycles. The highest BCUT2D eigenvalue weighted by molar-refractivity contribution is 6.10. The molecule has 5 heterocycles. The normalized spacial score (nSPS) is 19.4. The summed E-state index contributed by atoms with van der Waals surface area (Å²) in [5, 5.41) is 0. The molecule has 12 nitrogen and oxygen atoms in total. The first-order valence-corrected chi connectivity index (χ1v) is 11.2. The fraction of sp³-hybridized carbons (Fsp3) is 0.417. The number of carbonyl (C=O) groups excluding carboxylic acids is 4. The van der Waals surface area contributed by atoms with Gasteiger partial charge in [-0.05, 0) is 0 Å². The van der Waals surface area contributed by atoms with Crippen LogP contribution in [-0.4, -0.2) is 85.8 Å². The van der Waals surface area contributed by atoms with Crippen LogP contribution in [0, 0.1) is 0 Å². The first-order valence-electron chi connectivity index (χ1n) is 11.2. The van der Waals surface area contributed by atoms with Gasteiger partial charge in [0.2, 0.25) is 0 Å². The maximum atomic E-state index is 12.7. The van der Waals surface area contributed by atoms with Crippen molar-refractivity contribution in [2.24, 2.45) is 9.98 Å². The summed E-state index contributed by atoms with van der Waals surface area (Å²) in [5.74, 6) is -2.62. The smallest absolute Gasteiger partial charge is 0.340 e. The summed E-state index contributed by atoms with van der Waals surface area (Å²) in [6.07, 6.45) is 1.15. The number of hydrogen-bond acceptors (Lipinski definition) is 10. The predicted molar refractivity (Wildman–Crippen MR) is 124 cm³/mol. The number of aromatic nitrogens is 2. The summed E-state index contributed by atoms with van der Waals surface area (Å²) < 4.78 is 19.8. The van der Waals surface area contributed by atoms with Gasteiger partial charge in [-0.15, -0.1) is 0 Å². The predicted octanol–water partition coefficient (Wildman–Crippen LogP) is 1.02. The van der Waals surface area contributed by atoms with Crippen molar-refractivity contribution in [2.75, 3.05) is 28.4 Å². The number of rotatable bonds is 4. The SMILES string of the molecule is COC(=O)c1c2[nH]c(c1C(=O)OC)CC1N=C1Cc1[nH]c(c(C(=O)OC)c1C(=O)OC)CC1N=C1C2. The number of aromatic amines is 2. The third-order valence-electron chi connectivity index (χ3n) is 6.66. The van der Waals surface area contributed by atoms with Crippen LogP contribution in [0.3, 0.4) is 0 Å². The van der Waals surface area contributed by atoms with E-state index in [2.05, 4.69) is 20.0 Å². The monoisotopic (exact) mass is 496 g/mol. The third-order valence-corrected chi connectivity index (χ3v) is 6.66. The molecule has 3 aliphatic rings. The Bertz CT molecular complexity index is 1270. The number of esters is 4. The molecule has 0 fully saturated rings. The van der Waals surface area contributed by atoms with Crippen molar-refractivity contribution in [2.45, 2.75) is 37.8 Å². The maximum absolute atomic E-state index is 12.7. The molecule has 0 saturated carbocycles. The lowest BCUT2D eigenvalue weighted by molar-refractivity contribution is 0.0555. The summed E-state index contributed by atoms with van der Waals surface area (Å²) in [4.78, 5) is 66.2. The molecule has 2 aromatic heterocycles. The molecule has 4 bridgehead atoms.